The van der Waals surface area contributed by atoms with Crippen molar-refractivity contribution < 1.29 is 27.8 Å². The fourth-order valence-corrected chi connectivity index (χ4v) is 3.55. The molecule has 1 unspecified atom stereocenters. The number of allylic oxidation sites excluding steroid dienone is 1. The third-order valence-electron chi connectivity index (χ3n) is 3.75. The van der Waals surface area contributed by atoms with Gasteiger partial charge in [0.1, 0.15) is 11.5 Å². The van der Waals surface area contributed by atoms with Crippen molar-refractivity contribution in [2.45, 2.75) is 51.2 Å². The van der Waals surface area contributed by atoms with Crippen LogP contribution in [0, 0.1) is 0 Å². The third kappa shape index (κ3) is 5.98. The van der Waals surface area contributed by atoms with Crippen LogP contribution in [-0.2, 0) is 14.3 Å². The fourth-order valence-electron chi connectivity index (χ4n) is 2.65. The molecule has 10 heteroatoms. The van der Waals surface area contributed by atoms with E-state index in [0.29, 0.717) is 4.88 Å². The summed E-state index contributed by atoms with van der Waals surface area (Å²) in [5.41, 5.74) is -0.482. The van der Waals surface area contributed by atoms with Gasteiger partial charge >= 0.3 is 6.09 Å². The summed E-state index contributed by atoms with van der Waals surface area (Å²) in [6, 6.07) is -0.635. The van der Waals surface area contributed by atoms with E-state index in [1.54, 1.807) is 26.7 Å². The molecule has 2 heterocycles. The van der Waals surface area contributed by atoms with Crippen molar-refractivity contribution in [2.24, 2.45) is 0 Å². The summed E-state index contributed by atoms with van der Waals surface area (Å²) in [7, 11) is 1.44. The summed E-state index contributed by atoms with van der Waals surface area (Å²) in [5, 5.41) is 2.78. The van der Waals surface area contributed by atoms with Gasteiger partial charge in [-0.05, 0) is 20.8 Å². The van der Waals surface area contributed by atoms with Gasteiger partial charge in [-0.1, -0.05) is 11.3 Å². The highest BCUT2D eigenvalue weighted by Crippen LogP contribution is 2.38. The van der Waals surface area contributed by atoms with Gasteiger partial charge in [-0.2, -0.15) is 0 Å². The van der Waals surface area contributed by atoms with E-state index in [9.17, 15) is 18.4 Å². The molecule has 150 valence electrons. The van der Waals surface area contributed by atoms with Crippen molar-refractivity contribution >= 4 is 28.5 Å². The second kappa shape index (κ2) is 8.33. The lowest BCUT2D eigenvalue weighted by Crippen LogP contribution is -2.44. The molecule has 0 bridgehead atoms. The van der Waals surface area contributed by atoms with Crippen molar-refractivity contribution in [1.82, 2.24) is 9.88 Å². The van der Waals surface area contributed by atoms with Gasteiger partial charge in [-0.3, -0.25) is 5.32 Å². The number of methoxy groups -OCH3 is 1. The smallest absolute Gasteiger partial charge is 0.413 e. The van der Waals surface area contributed by atoms with Crippen LogP contribution >= 0.6 is 11.3 Å². The van der Waals surface area contributed by atoms with Crippen molar-refractivity contribution in [2.75, 3.05) is 25.6 Å². The van der Waals surface area contributed by atoms with Crippen LogP contribution in [0.4, 0.5) is 18.7 Å². The lowest BCUT2D eigenvalue weighted by molar-refractivity contribution is -0.0652. The number of rotatable bonds is 5. The number of carbonyl (C=O) groups excluding carboxylic acids is 2. The number of aromatic nitrogens is 1. The molecule has 0 aromatic carbocycles. The molecular weight excluding hydrogens is 380 g/mol. The molecule has 2 rings (SSSR count). The SMILES string of the molecule is COCC(c1cnc(NC(=O)OC(C)(C)C)s1)N1CC(F)(F)CCC1=C=O. The van der Waals surface area contributed by atoms with Crippen LogP contribution in [-0.4, -0.2) is 53.7 Å². The average molecular weight is 403 g/mol. The highest BCUT2D eigenvalue weighted by molar-refractivity contribution is 7.15. The Morgan fingerprint density at radius 2 is 2.22 bits per heavy atom. The number of halogens is 2. The molecule has 0 spiro atoms. The van der Waals surface area contributed by atoms with Crippen molar-refractivity contribution in [3.63, 3.8) is 0 Å². The van der Waals surface area contributed by atoms with E-state index in [1.807, 2.05) is 0 Å². The van der Waals surface area contributed by atoms with Crippen molar-refractivity contribution in [3.8, 4) is 0 Å². The molecule has 1 amide bonds. The van der Waals surface area contributed by atoms with Gasteiger partial charge < -0.3 is 14.4 Å². The number of thiazole rings is 1. The second-order valence-corrected chi connectivity index (χ2v) is 8.26. The largest absolute Gasteiger partial charge is 0.444 e. The Bertz CT molecular complexity index is 726. The minimum absolute atomic E-state index is 0.0570. The van der Waals surface area contributed by atoms with Crippen LogP contribution in [0.1, 0.15) is 44.5 Å². The summed E-state index contributed by atoms with van der Waals surface area (Å²) in [6.07, 6.45) is 0.362. The van der Waals surface area contributed by atoms with Gasteiger partial charge in [0.25, 0.3) is 5.92 Å². The van der Waals surface area contributed by atoms with Gasteiger partial charge in [0.2, 0.25) is 0 Å². The maximum atomic E-state index is 13.9. The van der Waals surface area contributed by atoms with Gasteiger partial charge in [0, 0.05) is 26.1 Å². The second-order valence-electron chi connectivity index (χ2n) is 7.20. The van der Waals surface area contributed by atoms with E-state index in [2.05, 4.69) is 10.3 Å². The van der Waals surface area contributed by atoms with Crippen LogP contribution in [0.3, 0.4) is 0 Å². The Hall–Kier alpha value is -2.03. The van der Waals surface area contributed by atoms with Gasteiger partial charge in [0.15, 0.2) is 5.13 Å². The quantitative estimate of drug-likeness (QED) is 0.757. The first-order valence-electron chi connectivity index (χ1n) is 8.38. The Kier molecular flexibility index (Phi) is 6.56. The molecular formula is C17H23F2N3O4S. The van der Waals surface area contributed by atoms with Crippen molar-refractivity contribution in [1.29, 1.82) is 0 Å². The molecule has 1 aromatic rings. The van der Waals surface area contributed by atoms with Crippen LogP contribution in [0.2, 0.25) is 0 Å². The van der Waals surface area contributed by atoms with Crippen LogP contribution in [0.15, 0.2) is 11.9 Å². The molecule has 1 aliphatic rings. The molecule has 1 aromatic heterocycles. The van der Waals surface area contributed by atoms with E-state index in [-0.39, 0.29) is 30.3 Å². The number of nitrogens with zero attached hydrogens (tertiary/aromatic N) is 2. The Morgan fingerprint density at radius 3 is 2.81 bits per heavy atom. The van der Waals surface area contributed by atoms with Gasteiger partial charge in [0.05, 0.1) is 29.8 Å². The number of alkyl halides is 2. The number of amides is 1. The summed E-state index contributed by atoms with van der Waals surface area (Å²) < 4.78 is 38.1. The molecule has 27 heavy (non-hydrogen) atoms. The van der Waals surface area contributed by atoms with Gasteiger partial charge in [-0.25, -0.2) is 23.4 Å². The zero-order valence-electron chi connectivity index (χ0n) is 15.7. The number of piperidine rings is 1. The normalized spacial score (nSPS) is 18.0. The van der Waals surface area contributed by atoms with E-state index < -0.39 is 30.2 Å². The summed E-state index contributed by atoms with van der Waals surface area (Å²) in [6.45, 7) is 4.68. The number of anilines is 1. The van der Waals surface area contributed by atoms with E-state index in [1.165, 1.54) is 18.2 Å². The summed E-state index contributed by atoms with van der Waals surface area (Å²) in [5.74, 6) is -1.14. The summed E-state index contributed by atoms with van der Waals surface area (Å²) in [4.78, 5) is 29.1. The molecule has 1 saturated heterocycles. The first kappa shape index (κ1) is 21.3. The Balaban J connectivity index is 2.20. The fraction of sp³-hybridized carbons (Fsp3) is 0.647. The number of hydrogen-bond acceptors (Lipinski definition) is 7. The van der Waals surface area contributed by atoms with E-state index in [4.69, 9.17) is 9.47 Å². The molecule has 1 atom stereocenters. The number of hydrogen-bond donors (Lipinski definition) is 1. The molecule has 0 aliphatic carbocycles. The van der Waals surface area contributed by atoms with Crippen LogP contribution < -0.4 is 5.32 Å². The zero-order chi connectivity index (χ0) is 20.2. The molecule has 1 N–H and O–H groups in total. The monoisotopic (exact) mass is 403 g/mol. The van der Waals surface area contributed by atoms with Crippen molar-refractivity contribution in [3.05, 3.63) is 16.8 Å². The lowest BCUT2D eigenvalue weighted by Gasteiger charge is -2.39. The number of likely N-dealkylation sites (tertiary alicyclic amines) is 1. The van der Waals surface area contributed by atoms with Crippen LogP contribution in [0.5, 0.6) is 0 Å². The zero-order valence-corrected chi connectivity index (χ0v) is 16.5. The predicted molar refractivity (Wildman–Crippen MR) is 96.7 cm³/mol. The lowest BCUT2D eigenvalue weighted by atomic mass is 10.0. The highest BCUT2D eigenvalue weighted by atomic mass is 32.1. The predicted octanol–water partition coefficient (Wildman–Crippen LogP) is 3.62. The van der Waals surface area contributed by atoms with E-state index >= 15 is 0 Å². The summed E-state index contributed by atoms with van der Waals surface area (Å²) >= 11 is 1.11. The first-order valence-corrected chi connectivity index (χ1v) is 9.19. The maximum absolute atomic E-state index is 13.9. The maximum Gasteiger partial charge on any atom is 0.413 e. The van der Waals surface area contributed by atoms with Crippen LogP contribution in [0.25, 0.3) is 0 Å². The standard InChI is InChI=1S/C17H23F2N3O4S/c1-16(2,3)26-15(24)21-14-20-7-13(27-14)12(9-25-4)22-10-17(18,19)6-5-11(22)8-23/h7,12H,5-6,9-10H2,1-4H3,(H,20,21,24). The number of ether oxygens (including phenoxy) is 2. The highest BCUT2D eigenvalue weighted by Gasteiger charge is 2.41. The average Bonchev–Trinajstić information content (AvgIpc) is 2.98. The molecule has 7 nitrogen and oxygen atoms in total. The minimum Gasteiger partial charge on any atom is -0.444 e. The minimum atomic E-state index is -2.91. The van der Waals surface area contributed by atoms with E-state index in [0.717, 1.165) is 11.3 Å². The topological polar surface area (TPSA) is 80.8 Å². The molecule has 1 aliphatic heterocycles. The number of carbonyl (C=O) groups is 1. The number of nitrogens with one attached hydrogen (secondary N) is 1. The molecule has 0 radical (unpaired) electrons. The molecule has 1 fully saturated rings. The third-order valence-corrected chi connectivity index (χ3v) is 4.77. The Morgan fingerprint density at radius 1 is 1.52 bits per heavy atom. The van der Waals surface area contributed by atoms with Gasteiger partial charge in [-0.15, -0.1) is 0 Å². The Labute approximate surface area is 160 Å². The molecule has 0 saturated carbocycles. The first-order chi connectivity index (χ1) is 12.5.